The lowest BCUT2D eigenvalue weighted by Gasteiger charge is -2.46. The summed E-state index contributed by atoms with van der Waals surface area (Å²) in [6.45, 7) is 4.89. The molecule has 10 heteroatoms. The highest BCUT2D eigenvalue weighted by atomic mass is 19.1. The monoisotopic (exact) mass is 460 g/mol. The molecule has 178 valence electrons. The number of benzene rings is 1. The summed E-state index contributed by atoms with van der Waals surface area (Å²) in [6.07, 6.45) is 4.22. The van der Waals surface area contributed by atoms with E-state index in [-0.39, 0.29) is 37.2 Å². The summed E-state index contributed by atoms with van der Waals surface area (Å²) in [5.41, 5.74) is -0.161. The van der Waals surface area contributed by atoms with Crippen molar-refractivity contribution in [3.8, 4) is 5.75 Å². The number of aromatic nitrogens is 2. The minimum absolute atomic E-state index is 0.120. The van der Waals surface area contributed by atoms with Gasteiger partial charge in [0, 0.05) is 11.6 Å². The van der Waals surface area contributed by atoms with Crippen molar-refractivity contribution in [1.82, 2.24) is 15.1 Å². The lowest BCUT2D eigenvalue weighted by Crippen LogP contribution is -2.62. The van der Waals surface area contributed by atoms with Gasteiger partial charge in [0.25, 0.3) is 0 Å². The first kappa shape index (κ1) is 21.3. The molecule has 0 saturated carbocycles. The van der Waals surface area contributed by atoms with E-state index in [0.717, 1.165) is 57.6 Å². The molecule has 1 aromatic heterocycles. The van der Waals surface area contributed by atoms with Gasteiger partial charge in [-0.1, -0.05) is 5.10 Å². The largest absolute Gasteiger partial charge is 0.490 e. The van der Waals surface area contributed by atoms with E-state index in [0.29, 0.717) is 17.8 Å². The molecule has 1 N–H and O–H groups in total. The van der Waals surface area contributed by atoms with Crippen LogP contribution in [0.3, 0.4) is 0 Å². The van der Waals surface area contributed by atoms with Gasteiger partial charge in [-0.05, 0) is 56.5 Å². The van der Waals surface area contributed by atoms with Crippen LogP contribution in [0.2, 0.25) is 0 Å². The third-order valence-electron chi connectivity index (χ3n) is 7.46. The Balaban J connectivity index is 1.04. The summed E-state index contributed by atoms with van der Waals surface area (Å²) in [5, 5.41) is 18.0. The van der Waals surface area contributed by atoms with Crippen molar-refractivity contribution in [3.05, 3.63) is 36.0 Å². The van der Waals surface area contributed by atoms with Crippen LogP contribution in [0, 0.1) is 5.82 Å². The Morgan fingerprint density at radius 1 is 1.21 bits per heavy atom. The Bertz CT molecular complexity index is 971. The molecule has 4 aliphatic rings. The summed E-state index contributed by atoms with van der Waals surface area (Å²) in [7, 11) is 0. The van der Waals surface area contributed by atoms with Crippen LogP contribution in [-0.2, 0) is 9.47 Å². The van der Waals surface area contributed by atoms with E-state index in [9.17, 15) is 9.50 Å². The first-order chi connectivity index (χ1) is 16.0. The summed E-state index contributed by atoms with van der Waals surface area (Å²) in [5.74, 6) is 0.633. The molecule has 5 heterocycles. The number of hydrogen-bond acceptors (Lipinski definition) is 9. The van der Waals surface area contributed by atoms with E-state index in [4.69, 9.17) is 18.6 Å². The maximum atomic E-state index is 14.1. The third kappa shape index (κ3) is 4.09. The molecular formula is C23H29FN4O5. The molecule has 4 saturated heterocycles. The Labute approximate surface area is 191 Å². The smallest absolute Gasteiger partial charge is 0.318 e. The van der Waals surface area contributed by atoms with Crippen LogP contribution < -0.4 is 9.64 Å². The fraction of sp³-hybridized carbons (Fsp3) is 0.652. The number of nitrogens with zero attached hydrogens (tertiary/aromatic N) is 4. The number of anilines is 1. The highest BCUT2D eigenvalue weighted by molar-refractivity contribution is 5.38. The zero-order valence-electron chi connectivity index (χ0n) is 18.5. The van der Waals surface area contributed by atoms with Crippen LogP contribution in [0.4, 0.5) is 10.4 Å². The molecule has 1 aromatic carbocycles. The van der Waals surface area contributed by atoms with E-state index >= 15 is 0 Å². The zero-order valence-corrected chi connectivity index (χ0v) is 18.5. The normalized spacial score (nSPS) is 26.8. The van der Waals surface area contributed by atoms with Crippen molar-refractivity contribution in [2.75, 3.05) is 57.5 Å². The minimum Gasteiger partial charge on any atom is -0.490 e. The Kier molecular flexibility index (Phi) is 5.28. The molecule has 0 amide bonds. The maximum absolute atomic E-state index is 14.1. The van der Waals surface area contributed by atoms with Crippen LogP contribution in [0.1, 0.15) is 30.7 Å². The molecule has 1 atom stereocenters. The lowest BCUT2D eigenvalue weighted by molar-refractivity contribution is -0.192. The second-order valence-corrected chi connectivity index (χ2v) is 9.93. The summed E-state index contributed by atoms with van der Waals surface area (Å²) in [4.78, 5) is 4.56. The van der Waals surface area contributed by atoms with E-state index in [1.54, 1.807) is 12.1 Å². The quantitative estimate of drug-likeness (QED) is 0.690. The highest BCUT2D eigenvalue weighted by Gasteiger charge is 2.52. The van der Waals surface area contributed by atoms with Gasteiger partial charge < -0.3 is 28.6 Å². The van der Waals surface area contributed by atoms with Gasteiger partial charge in [-0.15, -0.1) is 5.10 Å². The van der Waals surface area contributed by atoms with Crippen LogP contribution in [0.25, 0.3) is 0 Å². The standard InChI is InChI=1S/C23H29FN4O5/c24-17-1-2-20(31-14-22(29)12-30-13-22)19(7-17)16-3-5-27(6-4-16)18-8-23(33-9-18)10-28(11-23)21-26-25-15-32-21/h1-2,7,15-16,18,29H,3-6,8-14H2. The van der Waals surface area contributed by atoms with Crippen LogP contribution in [0.15, 0.2) is 29.0 Å². The Morgan fingerprint density at radius 2 is 2.03 bits per heavy atom. The molecule has 1 unspecified atom stereocenters. The van der Waals surface area contributed by atoms with E-state index in [2.05, 4.69) is 20.0 Å². The molecule has 4 aliphatic heterocycles. The summed E-state index contributed by atoms with van der Waals surface area (Å²) in [6, 6.07) is 5.64. The van der Waals surface area contributed by atoms with Gasteiger partial charge in [-0.3, -0.25) is 4.90 Å². The van der Waals surface area contributed by atoms with Crippen molar-refractivity contribution in [1.29, 1.82) is 0 Å². The second kappa shape index (κ2) is 8.19. The van der Waals surface area contributed by atoms with Gasteiger partial charge >= 0.3 is 6.01 Å². The van der Waals surface area contributed by atoms with Crippen molar-refractivity contribution in [2.45, 2.75) is 42.4 Å². The van der Waals surface area contributed by atoms with Gasteiger partial charge in [0.15, 0.2) is 0 Å². The van der Waals surface area contributed by atoms with Crippen LogP contribution in [-0.4, -0.2) is 90.1 Å². The van der Waals surface area contributed by atoms with Gasteiger partial charge in [0.05, 0.1) is 32.9 Å². The molecule has 2 aromatic rings. The first-order valence-electron chi connectivity index (χ1n) is 11.6. The topological polar surface area (TPSA) is 93.3 Å². The molecule has 1 spiro atoms. The van der Waals surface area contributed by atoms with Gasteiger partial charge in [-0.25, -0.2) is 4.39 Å². The number of halogens is 1. The Morgan fingerprint density at radius 3 is 2.73 bits per heavy atom. The third-order valence-corrected chi connectivity index (χ3v) is 7.46. The predicted molar refractivity (Wildman–Crippen MR) is 115 cm³/mol. The van der Waals surface area contributed by atoms with Crippen molar-refractivity contribution in [2.24, 2.45) is 0 Å². The van der Waals surface area contributed by atoms with Crippen molar-refractivity contribution >= 4 is 6.01 Å². The molecular weight excluding hydrogens is 431 g/mol. The average molecular weight is 461 g/mol. The number of rotatable bonds is 6. The fourth-order valence-corrected chi connectivity index (χ4v) is 5.54. The molecule has 0 bridgehead atoms. The summed E-state index contributed by atoms with van der Waals surface area (Å²) >= 11 is 0. The van der Waals surface area contributed by atoms with E-state index < -0.39 is 5.60 Å². The molecule has 0 aliphatic carbocycles. The maximum Gasteiger partial charge on any atom is 0.318 e. The number of ether oxygens (including phenoxy) is 3. The summed E-state index contributed by atoms with van der Waals surface area (Å²) < 4.78 is 36.6. The molecule has 4 fully saturated rings. The van der Waals surface area contributed by atoms with Crippen molar-refractivity contribution < 1.29 is 28.1 Å². The van der Waals surface area contributed by atoms with Crippen LogP contribution in [0.5, 0.6) is 5.75 Å². The van der Waals surface area contributed by atoms with E-state index in [1.165, 1.54) is 12.5 Å². The Hall–Kier alpha value is -2.27. The van der Waals surface area contributed by atoms with Gasteiger partial charge in [0.2, 0.25) is 6.39 Å². The fourth-order valence-electron chi connectivity index (χ4n) is 5.54. The molecule has 6 rings (SSSR count). The van der Waals surface area contributed by atoms with Gasteiger partial charge in [0.1, 0.15) is 29.4 Å². The molecule has 9 nitrogen and oxygen atoms in total. The van der Waals surface area contributed by atoms with Crippen molar-refractivity contribution in [3.63, 3.8) is 0 Å². The number of aliphatic hydroxyl groups is 1. The SMILES string of the molecule is OC1(COc2ccc(F)cc2C2CCN(C3COC4(C3)CN(c3nnco3)C4)CC2)COC1. The second-order valence-electron chi connectivity index (χ2n) is 9.93. The van der Waals surface area contributed by atoms with Gasteiger partial charge in [-0.2, -0.15) is 0 Å². The molecule has 0 radical (unpaired) electrons. The van der Waals surface area contributed by atoms with E-state index in [1.807, 2.05) is 0 Å². The molecule has 33 heavy (non-hydrogen) atoms. The lowest BCUT2D eigenvalue weighted by atomic mass is 9.86. The zero-order chi connectivity index (χ0) is 22.5. The number of piperidine rings is 1. The minimum atomic E-state index is -0.936. The first-order valence-corrected chi connectivity index (χ1v) is 11.6. The highest BCUT2D eigenvalue weighted by Crippen LogP contribution is 2.41. The number of likely N-dealkylation sites (tertiary alicyclic amines) is 1. The predicted octanol–water partition coefficient (Wildman–Crippen LogP) is 1.58. The average Bonchev–Trinajstić information content (AvgIpc) is 3.46. The number of hydrogen-bond donors (Lipinski definition) is 1. The van der Waals surface area contributed by atoms with Crippen LogP contribution >= 0.6 is 0 Å².